The van der Waals surface area contributed by atoms with Gasteiger partial charge < -0.3 is 4.74 Å². The average molecular weight is 410 g/mol. The van der Waals surface area contributed by atoms with Crippen LogP contribution in [0.3, 0.4) is 0 Å². The second-order valence-corrected chi connectivity index (χ2v) is 5.67. The molecule has 0 N–H and O–H groups in total. The SMILES string of the molecule is O=C(/C=C/c1ccc(F)cc1)OCC(=O)c1ccc(I)cc1. The van der Waals surface area contributed by atoms with E-state index in [-0.39, 0.29) is 18.2 Å². The van der Waals surface area contributed by atoms with E-state index in [2.05, 4.69) is 22.6 Å². The third kappa shape index (κ3) is 5.07. The number of ether oxygens (including phenoxy) is 1. The maximum Gasteiger partial charge on any atom is 0.331 e. The van der Waals surface area contributed by atoms with Crippen molar-refractivity contribution in [3.8, 4) is 0 Å². The quantitative estimate of drug-likeness (QED) is 0.326. The maximum absolute atomic E-state index is 12.7. The summed E-state index contributed by atoms with van der Waals surface area (Å²) in [6, 6.07) is 12.7. The molecule has 0 saturated heterocycles. The maximum atomic E-state index is 12.7. The molecule has 0 aromatic heterocycles. The molecule has 5 heteroatoms. The Kier molecular flexibility index (Phi) is 5.83. The Hall–Kier alpha value is -2.02. The number of hydrogen-bond donors (Lipinski definition) is 0. The molecule has 3 nitrogen and oxygen atoms in total. The molecule has 0 aliphatic carbocycles. The van der Waals surface area contributed by atoms with Crippen LogP contribution in [-0.4, -0.2) is 18.4 Å². The molecule has 2 rings (SSSR count). The fraction of sp³-hybridized carbons (Fsp3) is 0.0588. The highest BCUT2D eigenvalue weighted by Gasteiger charge is 2.08. The topological polar surface area (TPSA) is 43.4 Å². The Morgan fingerprint density at radius 3 is 2.32 bits per heavy atom. The zero-order valence-corrected chi connectivity index (χ0v) is 13.6. The van der Waals surface area contributed by atoms with E-state index in [0.29, 0.717) is 11.1 Å². The van der Waals surface area contributed by atoms with Crippen molar-refractivity contribution in [2.24, 2.45) is 0 Å². The molecule has 2 aromatic rings. The number of rotatable bonds is 5. The second kappa shape index (κ2) is 7.84. The van der Waals surface area contributed by atoms with E-state index in [1.807, 2.05) is 12.1 Å². The molecule has 112 valence electrons. The number of hydrogen-bond acceptors (Lipinski definition) is 3. The van der Waals surface area contributed by atoms with Gasteiger partial charge in [0.15, 0.2) is 12.4 Å². The first kappa shape index (κ1) is 16.4. The largest absolute Gasteiger partial charge is 0.454 e. The minimum absolute atomic E-state index is 0.264. The van der Waals surface area contributed by atoms with Gasteiger partial charge in [0, 0.05) is 15.2 Å². The zero-order chi connectivity index (χ0) is 15.9. The summed E-state index contributed by atoms with van der Waals surface area (Å²) < 4.78 is 18.6. The smallest absolute Gasteiger partial charge is 0.331 e. The minimum Gasteiger partial charge on any atom is -0.454 e. The van der Waals surface area contributed by atoms with Crippen LogP contribution < -0.4 is 0 Å². The summed E-state index contributed by atoms with van der Waals surface area (Å²) in [6.07, 6.45) is 2.70. The van der Waals surface area contributed by atoms with E-state index >= 15 is 0 Å². The molecule has 0 amide bonds. The van der Waals surface area contributed by atoms with Gasteiger partial charge in [-0.05, 0) is 58.5 Å². The van der Waals surface area contributed by atoms with Gasteiger partial charge in [-0.1, -0.05) is 24.3 Å². The molecule has 0 unspecified atom stereocenters. The van der Waals surface area contributed by atoms with Gasteiger partial charge in [0.1, 0.15) is 5.82 Å². The van der Waals surface area contributed by atoms with Crippen molar-refractivity contribution < 1.29 is 18.7 Å². The van der Waals surface area contributed by atoms with Gasteiger partial charge in [-0.25, -0.2) is 9.18 Å². The Morgan fingerprint density at radius 2 is 1.68 bits per heavy atom. The van der Waals surface area contributed by atoms with E-state index in [0.717, 1.165) is 3.57 Å². The van der Waals surface area contributed by atoms with Crippen LogP contribution in [0.1, 0.15) is 15.9 Å². The lowest BCUT2D eigenvalue weighted by Gasteiger charge is -2.02. The fourth-order valence-corrected chi connectivity index (χ4v) is 2.00. The summed E-state index contributed by atoms with van der Waals surface area (Å²) in [7, 11) is 0. The van der Waals surface area contributed by atoms with Crippen LogP contribution in [0.25, 0.3) is 6.08 Å². The molecule has 2 aromatic carbocycles. The van der Waals surface area contributed by atoms with Gasteiger partial charge in [0.25, 0.3) is 0 Å². The number of esters is 1. The van der Waals surface area contributed by atoms with Crippen LogP contribution in [0.2, 0.25) is 0 Å². The monoisotopic (exact) mass is 410 g/mol. The van der Waals surface area contributed by atoms with Crippen molar-refractivity contribution in [2.45, 2.75) is 0 Å². The molecule has 22 heavy (non-hydrogen) atoms. The Morgan fingerprint density at radius 1 is 1.05 bits per heavy atom. The molecular weight excluding hydrogens is 398 g/mol. The highest BCUT2D eigenvalue weighted by molar-refractivity contribution is 14.1. The number of Topliss-reactive ketones (excluding diaryl/α,β-unsaturated/α-hetero) is 1. The Labute approximate surface area is 140 Å². The number of ketones is 1. The summed E-state index contributed by atoms with van der Waals surface area (Å²) in [5.41, 5.74) is 1.16. The molecule has 0 bridgehead atoms. The average Bonchev–Trinajstić information content (AvgIpc) is 2.52. The number of carbonyl (C=O) groups excluding carboxylic acids is 2. The molecule has 0 atom stereocenters. The molecular formula is C17H12FIO3. The molecule has 0 spiro atoms. The van der Waals surface area contributed by atoms with Crippen molar-refractivity contribution in [1.82, 2.24) is 0 Å². The van der Waals surface area contributed by atoms with Gasteiger partial charge in [0.05, 0.1) is 0 Å². The van der Waals surface area contributed by atoms with E-state index in [1.165, 1.54) is 36.4 Å². The molecule has 0 aliphatic rings. The second-order valence-electron chi connectivity index (χ2n) is 4.42. The third-order valence-corrected chi connectivity index (χ3v) is 3.51. The first-order valence-corrected chi connectivity index (χ1v) is 7.51. The summed E-state index contributed by atoms with van der Waals surface area (Å²) in [6.45, 7) is -0.312. The predicted molar refractivity (Wildman–Crippen MR) is 89.9 cm³/mol. The van der Waals surface area contributed by atoms with Gasteiger partial charge in [-0.2, -0.15) is 0 Å². The highest BCUT2D eigenvalue weighted by Crippen LogP contribution is 2.08. The molecule has 0 aliphatic heterocycles. The van der Waals surface area contributed by atoms with Crippen molar-refractivity contribution in [1.29, 1.82) is 0 Å². The van der Waals surface area contributed by atoms with Gasteiger partial charge in [-0.15, -0.1) is 0 Å². The zero-order valence-electron chi connectivity index (χ0n) is 11.5. The first-order chi connectivity index (χ1) is 10.5. The number of carbonyl (C=O) groups is 2. The normalized spacial score (nSPS) is 10.6. The van der Waals surface area contributed by atoms with Crippen LogP contribution in [0.5, 0.6) is 0 Å². The molecule has 0 heterocycles. The van der Waals surface area contributed by atoms with Gasteiger partial charge in [-0.3, -0.25) is 4.79 Å². The number of benzene rings is 2. The van der Waals surface area contributed by atoms with E-state index in [9.17, 15) is 14.0 Å². The third-order valence-electron chi connectivity index (χ3n) is 2.79. The first-order valence-electron chi connectivity index (χ1n) is 6.44. The van der Waals surface area contributed by atoms with Gasteiger partial charge >= 0.3 is 5.97 Å². The van der Waals surface area contributed by atoms with E-state index in [1.54, 1.807) is 12.1 Å². The lowest BCUT2D eigenvalue weighted by atomic mass is 10.1. The molecule has 0 saturated carbocycles. The Bertz CT molecular complexity index is 691. The Balaban J connectivity index is 1.86. The lowest BCUT2D eigenvalue weighted by Crippen LogP contribution is -2.12. The van der Waals surface area contributed by atoms with Crippen molar-refractivity contribution in [3.05, 3.63) is 75.1 Å². The van der Waals surface area contributed by atoms with Crippen molar-refractivity contribution in [3.63, 3.8) is 0 Å². The predicted octanol–water partition coefficient (Wildman–Crippen LogP) is 3.87. The van der Waals surface area contributed by atoms with E-state index in [4.69, 9.17) is 4.74 Å². The summed E-state index contributed by atoms with van der Waals surface area (Å²) in [5.74, 6) is -1.23. The standard InChI is InChI=1S/C17H12FIO3/c18-14-6-1-12(2-7-14)3-10-17(21)22-11-16(20)13-4-8-15(19)9-5-13/h1-10H,11H2/b10-3+. The van der Waals surface area contributed by atoms with Crippen LogP contribution >= 0.6 is 22.6 Å². The summed E-state index contributed by atoms with van der Waals surface area (Å²) in [4.78, 5) is 23.4. The van der Waals surface area contributed by atoms with Crippen molar-refractivity contribution >= 4 is 40.4 Å². The van der Waals surface area contributed by atoms with Crippen molar-refractivity contribution in [2.75, 3.05) is 6.61 Å². The summed E-state index contributed by atoms with van der Waals surface area (Å²) in [5, 5.41) is 0. The molecule has 0 fully saturated rings. The molecule has 0 radical (unpaired) electrons. The number of halogens is 2. The van der Waals surface area contributed by atoms with Gasteiger partial charge in [0.2, 0.25) is 0 Å². The van der Waals surface area contributed by atoms with Crippen LogP contribution in [0.4, 0.5) is 4.39 Å². The van der Waals surface area contributed by atoms with Crippen LogP contribution in [0, 0.1) is 9.39 Å². The van der Waals surface area contributed by atoms with Crippen LogP contribution in [0.15, 0.2) is 54.6 Å². The van der Waals surface area contributed by atoms with E-state index < -0.39 is 5.97 Å². The van der Waals surface area contributed by atoms with Crippen LogP contribution in [-0.2, 0) is 9.53 Å². The fourth-order valence-electron chi connectivity index (χ4n) is 1.64. The lowest BCUT2D eigenvalue weighted by molar-refractivity contribution is -0.136. The summed E-state index contributed by atoms with van der Waals surface area (Å²) >= 11 is 2.14. The highest BCUT2D eigenvalue weighted by atomic mass is 127. The minimum atomic E-state index is -0.622.